The Kier molecular flexibility index (Phi) is 5.38. The summed E-state index contributed by atoms with van der Waals surface area (Å²) < 4.78 is 5.51. The summed E-state index contributed by atoms with van der Waals surface area (Å²) in [5.41, 5.74) is 0.791. The molecule has 1 aromatic carbocycles. The van der Waals surface area contributed by atoms with E-state index in [2.05, 4.69) is 29.8 Å². The summed E-state index contributed by atoms with van der Waals surface area (Å²) in [6.07, 6.45) is 0.983. The Morgan fingerprint density at radius 1 is 1.30 bits per heavy atom. The Bertz CT molecular complexity index is 425. The van der Waals surface area contributed by atoms with Gasteiger partial charge in [-0.05, 0) is 37.6 Å². The molecule has 0 spiro atoms. The molecule has 20 heavy (non-hydrogen) atoms. The summed E-state index contributed by atoms with van der Waals surface area (Å²) in [7, 11) is 0. The van der Waals surface area contributed by atoms with Crippen molar-refractivity contribution in [3.05, 3.63) is 24.3 Å². The number of piperazine rings is 1. The van der Waals surface area contributed by atoms with E-state index < -0.39 is 0 Å². The fourth-order valence-corrected chi connectivity index (χ4v) is 2.05. The Morgan fingerprint density at radius 2 is 2.05 bits per heavy atom. The molecule has 5 heteroatoms. The Hall–Kier alpha value is -1.59. The third kappa shape index (κ3) is 4.21. The zero-order chi connectivity index (χ0) is 14.4. The van der Waals surface area contributed by atoms with E-state index in [4.69, 9.17) is 4.74 Å². The number of hydrogen-bond acceptors (Lipinski definition) is 4. The normalized spacial score (nSPS) is 22.3. The molecule has 0 saturated carbocycles. The second-order valence-corrected chi connectivity index (χ2v) is 5.13. The van der Waals surface area contributed by atoms with Crippen molar-refractivity contribution in [2.45, 2.75) is 32.4 Å². The maximum absolute atomic E-state index is 12.1. The van der Waals surface area contributed by atoms with Crippen LogP contribution in [0.5, 0.6) is 5.75 Å². The first-order valence-electron chi connectivity index (χ1n) is 7.19. The molecular formula is C15H23N3O2. The van der Waals surface area contributed by atoms with Crippen LogP contribution in [0.15, 0.2) is 24.3 Å². The van der Waals surface area contributed by atoms with E-state index in [1.54, 1.807) is 0 Å². The fraction of sp³-hybridized carbons (Fsp3) is 0.533. The molecule has 1 aliphatic rings. The minimum atomic E-state index is -0.179. The van der Waals surface area contributed by atoms with Crippen LogP contribution in [0.4, 0.5) is 5.69 Å². The highest BCUT2D eigenvalue weighted by atomic mass is 16.5. The number of rotatable bonds is 5. The van der Waals surface area contributed by atoms with E-state index >= 15 is 0 Å². The Labute approximate surface area is 120 Å². The summed E-state index contributed by atoms with van der Waals surface area (Å²) in [5, 5.41) is 9.43. The van der Waals surface area contributed by atoms with Gasteiger partial charge in [-0.2, -0.15) is 0 Å². The van der Waals surface area contributed by atoms with Crippen molar-refractivity contribution < 1.29 is 9.53 Å². The molecule has 0 aliphatic carbocycles. The molecule has 1 saturated heterocycles. The standard InChI is InChI=1S/C15H23N3O2/c1-3-8-20-13-6-4-12(5-7-13)18-15(19)14-10-16-11(2)9-17-14/h4-7,11,14,16-17H,3,8-10H2,1-2H3,(H,18,19). The predicted octanol–water partition coefficient (Wildman–Crippen LogP) is 1.36. The molecule has 1 fully saturated rings. The maximum Gasteiger partial charge on any atom is 0.242 e. The molecule has 5 nitrogen and oxygen atoms in total. The maximum atomic E-state index is 12.1. The van der Waals surface area contributed by atoms with Crippen LogP contribution in [0.1, 0.15) is 20.3 Å². The topological polar surface area (TPSA) is 62.4 Å². The molecule has 2 atom stereocenters. The lowest BCUT2D eigenvalue weighted by molar-refractivity contribution is -0.118. The highest BCUT2D eigenvalue weighted by Gasteiger charge is 2.23. The molecule has 0 bridgehead atoms. The van der Waals surface area contributed by atoms with Gasteiger partial charge in [0.15, 0.2) is 0 Å². The number of carbonyl (C=O) groups excluding carboxylic acids is 1. The highest BCUT2D eigenvalue weighted by Crippen LogP contribution is 2.16. The number of amides is 1. The van der Waals surface area contributed by atoms with Crippen molar-refractivity contribution in [3.8, 4) is 5.75 Å². The first-order valence-corrected chi connectivity index (χ1v) is 7.19. The lowest BCUT2D eigenvalue weighted by Crippen LogP contribution is -2.57. The largest absolute Gasteiger partial charge is 0.494 e. The van der Waals surface area contributed by atoms with E-state index in [1.165, 1.54) is 0 Å². The van der Waals surface area contributed by atoms with Crippen molar-refractivity contribution in [1.29, 1.82) is 0 Å². The van der Waals surface area contributed by atoms with Crippen molar-refractivity contribution in [1.82, 2.24) is 10.6 Å². The molecule has 3 N–H and O–H groups in total. The van der Waals surface area contributed by atoms with Gasteiger partial charge in [0, 0.05) is 24.8 Å². The lowest BCUT2D eigenvalue weighted by atomic mass is 10.1. The first kappa shape index (κ1) is 14.8. The second kappa shape index (κ2) is 7.26. The van der Waals surface area contributed by atoms with Crippen molar-refractivity contribution in [3.63, 3.8) is 0 Å². The highest BCUT2D eigenvalue weighted by molar-refractivity contribution is 5.95. The Morgan fingerprint density at radius 3 is 2.65 bits per heavy atom. The van der Waals surface area contributed by atoms with Gasteiger partial charge < -0.3 is 20.7 Å². The summed E-state index contributed by atoms with van der Waals surface area (Å²) in [5.74, 6) is 0.822. The molecule has 110 valence electrons. The van der Waals surface area contributed by atoms with Gasteiger partial charge in [-0.15, -0.1) is 0 Å². The smallest absolute Gasteiger partial charge is 0.242 e. The van der Waals surface area contributed by atoms with Gasteiger partial charge in [-0.1, -0.05) is 6.92 Å². The monoisotopic (exact) mass is 277 g/mol. The molecule has 1 aliphatic heterocycles. The van der Waals surface area contributed by atoms with Crippen molar-refractivity contribution in [2.75, 3.05) is 25.0 Å². The minimum Gasteiger partial charge on any atom is -0.494 e. The zero-order valence-corrected chi connectivity index (χ0v) is 12.1. The molecule has 2 rings (SSSR count). The molecule has 1 heterocycles. The summed E-state index contributed by atoms with van der Waals surface area (Å²) >= 11 is 0. The van der Waals surface area contributed by atoms with E-state index in [-0.39, 0.29) is 11.9 Å². The van der Waals surface area contributed by atoms with Crippen LogP contribution in [0, 0.1) is 0 Å². The van der Waals surface area contributed by atoms with Crippen molar-refractivity contribution >= 4 is 11.6 Å². The molecule has 0 aromatic heterocycles. The lowest BCUT2D eigenvalue weighted by Gasteiger charge is -2.28. The number of carbonyl (C=O) groups is 1. The SMILES string of the molecule is CCCOc1ccc(NC(=O)C2CNC(C)CN2)cc1. The second-order valence-electron chi connectivity index (χ2n) is 5.13. The minimum absolute atomic E-state index is 0.00775. The quantitative estimate of drug-likeness (QED) is 0.760. The van der Waals surface area contributed by atoms with E-state index in [9.17, 15) is 4.79 Å². The van der Waals surface area contributed by atoms with Crippen LogP contribution in [0.25, 0.3) is 0 Å². The molecule has 1 amide bonds. The van der Waals surface area contributed by atoms with Gasteiger partial charge >= 0.3 is 0 Å². The molecule has 2 unspecified atom stereocenters. The summed E-state index contributed by atoms with van der Waals surface area (Å²) in [4.78, 5) is 12.1. The zero-order valence-electron chi connectivity index (χ0n) is 12.1. The van der Waals surface area contributed by atoms with E-state index in [0.29, 0.717) is 19.2 Å². The number of hydrogen-bond donors (Lipinski definition) is 3. The van der Waals surface area contributed by atoms with Crippen LogP contribution in [-0.4, -0.2) is 37.7 Å². The van der Waals surface area contributed by atoms with Crippen LogP contribution >= 0.6 is 0 Å². The van der Waals surface area contributed by atoms with Gasteiger partial charge in [-0.3, -0.25) is 4.79 Å². The number of nitrogens with one attached hydrogen (secondary N) is 3. The van der Waals surface area contributed by atoms with Crippen molar-refractivity contribution in [2.24, 2.45) is 0 Å². The van der Waals surface area contributed by atoms with Crippen LogP contribution in [0.3, 0.4) is 0 Å². The number of ether oxygens (including phenoxy) is 1. The van der Waals surface area contributed by atoms with Gasteiger partial charge in [0.25, 0.3) is 0 Å². The first-order chi connectivity index (χ1) is 9.69. The summed E-state index contributed by atoms with van der Waals surface area (Å²) in [6.45, 7) is 6.34. The van der Waals surface area contributed by atoms with E-state index in [0.717, 1.165) is 24.4 Å². The average Bonchev–Trinajstić information content (AvgIpc) is 2.47. The van der Waals surface area contributed by atoms with E-state index in [1.807, 2.05) is 24.3 Å². The average molecular weight is 277 g/mol. The number of benzene rings is 1. The third-order valence-electron chi connectivity index (χ3n) is 3.25. The molecule has 1 aromatic rings. The Balaban J connectivity index is 1.84. The molecule has 0 radical (unpaired) electrons. The van der Waals surface area contributed by atoms with Crippen LogP contribution < -0.4 is 20.7 Å². The predicted molar refractivity (Wildman–Crippen MR) is 80.1 cm³/mol. The van der Waals surface area contributed by atoms with Gasteiger partial charge in [0.2, 0.25) is 5.91 Å². The van der Waals surface area contributed by atoms with Crippen LogP contribution in [0.2, 0.25) is 0 Å². The molecular weight excluding hydrogens is 254 g/mol. The van der Waals surface area contributed by atoms with Gasteiger partial charge in [-0.25, -0.2) is 0 Å². The summed E-state index contributed by atoms with van der Waals surface area (Å²) in [6, 6.07) is 7.71. The third-order valence-corrected chi connectivity index (χ3v) is 3.25. The fourth-order valence-electron chi connectivity index (χ4n) is 2.05. The van der Waals surface area contributed by atoms with Crippen LogP contribution in [-0.2, 0) is 4.79 Å². The van der Waals surface area contributed by atoms with Gasteiger partial charge in [0.1, 0.15) is 5.75 Å². The number of anilines is 1. The van der Waals surface area contributed by atoms with Gasteiger partial charge in [0.05, 0.1) is 12.6 Å².